The highest BCUT2D eigenvalue weighted by atomic mass is 35.5. The number of benzene rings is 3. The molecular formula is C28H29Cl2N5O2S. The van der Waals surface area contributed by atoms with Crippen LogP contribution in [-0.2, 0) is 10.0 Å². The Bertz CT molecular complexity index is 1410. The summed E-state index contributed by atoms with van der Waals surface area (Å²) in [5.41, 5.74) is 2.83. The van der Waals surface area contributed by atoms with Crippen molar-refractivity contribution in [2.75, 3.05) is 26.2 Å². The first-order valence-corrected chi connectivity index (χ1v) is 14.8. The first kappa shape index (κ1) is 26.7. The van der Waals surface area contributed by atoms with Crippen molar-refractivity contribution in [1.29, 1.82) is 0 Å². The molecular weight excluding hydrogens is 541 g/mol. The smallest absolute Gasteiger partial charge is 0.264 e. The number of guanidine groups is 1. The summed E-state index contributed by atoms with van der Waals surface area (Å²) < 4.78 is 29.5. The third-order valence-electron chi connectivity index (χ3n) is 6.75. The van der Waals surface area contributed by atoms with Crippen molar-refractivity contribution in [3.63, 3.8) is 0 Å². The van der Waals surface area contributed by atoms with Gasteiger partial charge in [-0.25, -0.2) is 18.1 Å². The molecule has 5 rings (SSSR count). The minimum Gasteiger partial charge on any atom is -0.316 e. The highest BCUT2D eigenvalue weighted by molar-refractivity contribution is 7.90. The van der Waals surface area contributed by atoms with Crippen molar-refractivity contribution < 1.29 is 8.42 Å². The highest BCUT2D eigenvalue weighted by Gasteiger charge is 2.33. The second-order valence-electron chi connectivity index (χ2n) is 9.47. The molecule has 2 aliphatic heterocycles. The monoisotopic (exact) mass is 569 g/mol. The lowest BCUT2D eigenvalue weighted by atomic mass is 9.91. The minimum absolute atomic E-state index is 0.0843. The number of hydrogen-bond acceptors (Lipinski definition) is 5. The Morgan fingerprint density at radius 2 is 1.68 bits per heavy atom. The van der Waals surface area contributed by atoms with Crippen LogP contribution in [0.25, 0.3) is 0 Å². The summed E-state index contributed by atoms with van der Waals surface area (Å²) in [6, 6.07) is 23.7. The van der Waals surface area contributed by atoms with Crippen molar-refractivity contribution in [3.8, 4) is 0 Å². The van der Waals surface area contributed by atoms with Gasteiger partial charge in [-0.15, -0.1) is 0 Å². The van der Waals surface area contributed by atoms with Crippen molar-refractivity contribution in [3.05, 3.63) is 100 Å². The lowest BCUT2D eigenvalue weighted by Gasteiger charge is -2.23. The van der Waals surface area contributed by atoms with Crippen molar-refractivity contribution in [1.82, 2.24) is 15.0 Å². The minimum atomic E-state index is -3.92. The summed E-state index contributed by atoms with van der Waals surface area (Å²) in [6.07, 6.45) is 2.12. The number of nitrogens with one attached hydrogen (secondary N) is 2. The van der Waals surface area contributed by atoms with Gasteiger partial charge in [-0.3, -0.25) is 4.99 Å². The zero-order chi connectivity index (χ0) is 26.5. The highest BCUT2D eigenvalue weighted by Crippen LogP contribution is 2.30. The number of rotatable bonds is 6. The Hall–Kier alpha value is -2.91. The normalized spacial score (nSPS) is 20.3. The molecule has 1 saturated heterocycles. The molecule has 0 spiro atoms. The van der Waals surface area contributed by atoms with Crippen molar-refractivity contribution in [2.24, 2.45) is 16.0 Å². The molecule has 2 N–H and O–H groups in total. The molecule has 3 aromatic carbocycles. The maximum absolute atomic E-state index is 13.4. The summed E-state index contributed by atoms with van der Waals surface area (Å²) >= 11 is 12.1. The van der Waals surface area contributed by atoms with Gasteiger partial charge in [-0.05, 0) is 79.4 Å². The average molecular weight is 571 g/mol. The van der Waals surface area contributed by atoms with E-state index in [0.29, 0.717) is 29.1 Å². The molecule has 198 valence electrons. The van der Waals surface area contributed by atoms with Crippen LogP contribution in [0.15, 0.2) is 93.9 Å². The van der Waals surface area contributed by atoms with E-state index in [0.717, 1.165) is 42.8 Å². The number of sulfonamides is 1. The summed E-state index contributed by atoms with van der Waals surface area (Å²) in [5, 5.41) is 11.1. The number of aliphatic imine (C=N–C) groups is 1. The van der Waals surface area contributed by atoms with E-state index in [9.17, 15) is 8.42 Å². The summed E-state index contributed by atoms with van der Waals surface area (Å²) in [4.78, 5) is 4.89. The summed E-state index contributed by atoms with van der Waals surface area (Å²) in [6.45, 7) is 2.78. The van der Waals surface area contributed by atoms with Gasteiger partial charge in [-0.1, -0.05) is 65.7 Å². The molecule has 1 fully saturated rings. The summed E-state index contributed by atoms with van der Waals surface area (Å²) in [7, 11) is -3.92. The number of hydrogen-bond donors (Lipinski definition) is 2. The molecule has 38 heavy (non-hydrogen) atoms. The fraction of sp³-hybridized carbons (Fsp3) is 0.286. The van der Waals surface area contributed by atoms with E-state index in [1.807, 2.05) is 42.5 Å². The van der Waals surface area contributed by atoms with Crippen LogP contribution in [0.1, 0.15) is 29.9 Å². The van der Waals surface area contributed by atoms with E-state index in [-0.39, 0.29) is 16.8 Å². The Labute approximate surface area is 233 Å². The first-order chi connectivity index (χ1) is 18.4. The number of hydrazone groups is 1. The molecule has 0 saturated carbocycles. The van der Waals surface area contributed by atoms with E-state index in [1.165, 1.54) is 12.1 Å². The van der Waals surface area contributed by atoms with Gasteiger partial charge >= 0.3 is 0 Å². The quantitative estimate of drug-likeness (QED) is 0.318. The van der Waals surface area contributed by atoms with Gasteiger partial charge in [0.25, 0.3) is 10.0 Å². The zero-order valence-corrected chi connectivity index (χ0v) is 23.1. The van der Waals surface area contributed by atoms with E-state index in [2.05, 4.69) is 22.2 Å². The maximum atomic E-state index is 13.4. The van der Waals surface area contributed by atoms with Crippen LogP contribution in [0.4, 0.5) is 0 Å². The van der Waals surface area contributed by atoms with Crippen LogP contribution in [0, 0.1) is 5.92 Å². The molecule has 0 aromatic heterocycles. The zero-order valence-electron chi connectivity index (χ0n) is 20.7. The van der Waals surface area contributed by atoms with Gasteiger partial charge in [0.1, 0.15) is 0 Å². The number of piperidine rings is 1. The molecule has 7 nitrogen and oxygen atoms in total. The molecule has 0 aliphatic carbocycles. The molecule has 0 amide bonds. The Balaban J connectivity index is 1.51. The van der Waals surface area contributed by atoms with Crippen LogP contribution in [0.3, 0.4) is 0 Å². The van der Waals surface area contributed by atoms with E-state index >= 15 is 0 Å². The second-order valence-corrected chi connectivity index (χ2v) is 12.0. The molecule has 2 unspecified atom stereocenters. The van der Waals surface area contributed by atoms with Crippen LogP contribution < -0.4 is 10.0 Å². The molecule has 0 radical (unpaired) electrons. The van der Waals surface area contributed by atoms with E-state index in [1.54, 1.807) is 17.1 Å². The maximum Gasteiger partial charge on any atom is 0.264 e. The van der Waals surface area contributed by atoms with E-state index in [4.69, 9.17) is 33.3 Å². The lowest BCUT2D eigenvalue weighted by molar-refractivity contribution is 0.382. The Morgan fingerprint density at radius 3 is 2.34 bits per heavy atom. The van der Waals surface area contributed by atoms with Gasteiger partial charge in [0.05, 0.1) is 17.2 Å². The Kier molecular flexibility index (Phi) is 8.33. The molecule has 2 heterocycles. The SMILES string of the molecule is O=S(=O)(NC(=NCC1CCCNC1)N1CC(c2ccccc2)C(c2ccc(Cl)cc2)=N1)c1ccc(Cl)cc1. The molecule has 2 atom stereocenters. The second kappa shape index (κ2) is 11.9. The summed E-state index contributed by atoms with van der Waals surface area (Å²) in [5.74, 6) is 0.445. The van der Waals surface area contributed by atoms with Crippen LogP contribution in [-0.4, -0.2) is 51.3 Å². The first-order valence-electron chi connectivity index (χ1n) is 12.6. The van der Waals surface area contributed by atoms with Gasteiger partial charge < -0.3 is 5.32 Å². The van der Waals surface area contributed by atoms with Crippen LogP contribution in [0.5, 0.6) is 0 Å². The fourth-order valence-electron chi connectivity index (χ4n) is 4.72. The van der Waals surface area contributed by atoms with Crippen LogP contribution in [0.2, 0.25) is 10.0 Å². The number of halogens is 2. The molecule has 0 bridgehead atoms. The van der Waals surface area contributed by atoms with Crippen LogP contribution >= 0.6 is 23.2 Å². The molecule has 2 aliphatic rings. The number of nitrogens with zero attached hydrogens (tertiary/aromatic N) is 3. The predicted octanol–water partition coefficient (Wildman–Crippen LogP) is 5.13. The largest absolute Gasteiger partial charge is 0.316 e. The molecule has 10 heteroatoms. The molecule has 3 aromatic rings. The van der Waals surface area contributed by atoms with Gasteiger partial charge in [0.2, 0.25) is 5.96 Å². The third kappa shape index (κ3) is 6.38. The predicted molar refractivity (Wildman–Crippen MR) is 154 cm³/mol. The van der Waals surface area contributed by atoms with E-state index < -0.39 is 10.0 Å². The van der Waals surface area contributed by atoms with Gasteiger partial charge in [0.15, 0.2) is 0 Å². The van der Waals surface area contributed by atoms with Crippen molar-refractivity contribution in [2.45, 2.75) is 23.7 Å². The Morgan fingerprint density at radius 1 is 1.00 bits per heavy atom. The standard InChI is InChI=1S/C28H29Cl2N5O2S/c29-23-10-8-22(9-11-23)27-26(21-6-2-1-3-7-21)19-35(33-27)28(32-18-20-5-4-16-31-17-20)34-38(36,37)25-14-12-24(30)13-15-25/h1-3,6-15,20,26,31H,4-5,16-19H2,(H,32,34). The topological polar surface area (TPSA) is 86.2 Å². The fourth-order valence-corrected chi connectivity index (χ4v) is 5.99. The van der Waals surface area contributed by atoms with Crippen molar-refractivity contribution >= 4 is 44.9 Å². The van der Waals surface area contributed by atoms with Gasteiger partial charge in [0, 0.05) is 22.5 Å². The average Bonchev–Trinajstić information content (AvgIpc) is 3.38. The third-order valence-corrected chi connectivity index (χ3v) is 8.60. The van der Waals surface area contributed by atoms with Gasteiger partial charge in [-0.2, -0.15) is 5.10 Å². The lowest BCUT2D eigenvalue weighted by Crippen LogP contribution is -2.42.